The van der Waals surface area contributed by atoms with E-state index >= 15 is 0 Å². The van der Waals surface area contributed by atoms with Crippen LogP contribution in [0.5, 0.6) is 0 Å². The van der Waals surface area contributed by atoms with Crippen molar-refractivity contribution in [3.05, 3.63) is 100 Å². The molecule has 0 aromatic heterocycles. The number of carbonyl (C=O) groups is 2. The number of nitrogens with zero attached hydrogens (tertiary/aromatic N) is 2. The number of sulfonamides is 1. The first kappa shape index (κ1) is 30.2. The summed E-state index contributed by atoms with van der Waals surface area (Å²) < 4.78 is 26.9. The molecule has 0 aliphatic rings. The van der Waals surface area contributed by atoms with Crippen molar-refractivity contribution in [3.8, 4) is 0 Å². The van der Waals surface area contributed by atoms with Crippen molar-refractivity contribution in [2.24, 2.45) is 0 Å². The average Bonchev–Trinajstić information content (AvgIpc) is 2.90. The van der Waals surface area contributed by atoms with Crippen LogP contribution in [0.15, 0.2) is 72.8 Å². The molecule has 0 aliphatic heterocycles. The third-order valence-electron chi connectivity index (χ3n) is 6.54. The van der Waals surface area contributed by atoms with Gasteiger partial charge in [-0.3, -0.25) is 13.9 Å². The van der Waals surface area contributed by atoms with E-state index in [0.717, 1.165) is 33.7 Å². The first-order chi connectivity index (χ1) is 18.5. The fraction of sp³-hybridized carbons (Fsp3) is 0.333. The highest BCUT2D eigenvalue weighted by atomic mass is 35.5. The monoisotopic (exact) mass is 569 g/mol. The molecular weight excluding hydrogens is 534 g/mol. The lowest BCUT2D eigenvalue weighted by Gasteiger charge is -2.34. The minimum absolute atomic E-state index is 0.148. The van der Waals surface area contributed by atoms with E-state index < -0.39 is 28.5 Å². The molecule has 0 heterocycles. The van der Waals surface area contributed by atoms with Gasteiger partial charge in [-0.15, -0.1) is 0 Å². The molecule has 0 saturated heterocycles. The van der Waals surface area contributed by atoms with Gasteiger partial charge in [0.15, 0.2) is 0 Å². The molecule has 1 N–H and O–H groups in total. The fourth-order valence-corrected chi connectivity index (χ4v) is 5.40. The SMILES string of the molecule is CCCNC(=O)[C@H](Cc1ccccc1)N(Cc1ccccc1C)C(=O)CN(c1cc(Cl)ccc1C)S(C)(=O)=O. The molecule has 1 atom stereocenters. The summed E-state index contributed by atoms with van der Waals surface area (Å²) in [6.07, 6.45) is 2.08. The average molecular weight is 570 g/mol. The summed E-state index contributed by atoms with van der Waals surface area (Å²) in [4.78, 5) is 29.1. The summed E-state index contributed by atoms with van der Waals surface area (Å²) in [6.45, 7) is 5.80. The summed E-state index contributed by atoms with van der Waals surface area (Å²) in [5.74, 6) is -0.775. The Hall–Kier alpha value is -3.36. The van der Waals surface area contributed by atoms with E-state index in [-0.39, 0.29) is 18.9 Å². The Kier molecular flexibility index (Phi) is 10.5. The molecule has 7 nitrogen and oxygen atoms in total. The normalized spacial score (nSPS) is 12.0. The molecule has 0 fully saturated rings. The molecule has 208 valence electrons. The summed E-state index contributed by atoms with van der Waals surface area (Å²) in [5.41, 5.74) is 3.71. The van der Waals surface area contributed by atoms with Gasteiger partial charge in [-0.05, 0) is 54.7 Å². The number of hydrogen-bond donors (Lipinski definition) is 1. The van der Waals surface area contributed by atoms with Gasteiger partial charge in [0.1, 0.15) is 12.6 Å². The van der Waals surface area contributed by atoms with E-state index in [1.165, 1.54) is 11.0 Å². The molecule has 3 aromatic rings. The highest BCUT2D eigenvalue weighted by Crippen LogP contribution is 2.27. The van der Waals surface area contributed by atoms with Crippen LogP contribution in [-0.2, 0) is 32.6 Å². The van der Waals surface area contributed by atoms with Crippen LogP contribution in [0.2, 0.25) is 5.02 Å². The molecule has 0 spiro atoms. The van der Waals surface area contributed by atoms with Crippen molar-refractivity contribution >= 4 is 39.1 Å². The number of amides is 2. The van der Waals surface area contributed by atoms with Crippen molar-refractivity contribution in [2.75, 3.05) is 23.7 Å². The Morgan fingerprint density at radius 2 is 1.62 bits per heavy atom. The molecule has 0 radical (unpaired) electrons. The van der Waals surface area contributed by atoms with Gasteiger partial charge in [0, 0.05) is 24.5 Å². The lowest BCUT2D eigenvalue weighted by atomic mass is 10.0. The molecule has 2 amide bonds. The number of halogens is 1. The molecule has 0 unspecified atom stereocenters. The number of rotatable bonds is 12. The Morgan fingerprint density at radius 1 is 0.949 bits per heavy atom. The van der Waals surface area contributed by atoms with E-state index in [2.05, 4.69) is 5.32 Å². The lowest BCUT2D eigenvalue weighted by molar-refractivity contribution is -0.140. The Labute approximate surface area is 236 Å². The number of anilines is 1. The zero-order chi connectivity index (χ0) is 28.6. The van der Waals surface area contributed by atoms with Crippen molar-refractivity contribution in [3.63, 3.8) is 0 Å². The molecule has 0 aliphatic carbocycles. The number of aryl methyl sites for hydroxylation is 2. The maximum atomic E-state index is 14.1. The van der Waals surface area contributed by atoms with Gasteiger partial charge in [-0.25, -0.2) is 8.42 Å². The quantitative estimate of drug-likeness (QED) is 0.336. The Bertz CT molecular complexity index is 1400. The standard InChI is InChI=1S/C30H36ClN3O4S/c1-5-17-32-30(36)28(18-24-12-7-6-8-13-24)33(20-25-14-10-9-11-22(25)2)29(35)21-34(39(4,37)38)27-19-26(31)16-15-23(27)3/h6-16,19,28H,5,17-18,20-21H2,1-4H3,(H,32,36)/t28-/m0/s1. The molecular formula is C30H36ClN3O4S. The zero-order valence-corrected chi connectivity index (χ0v) is 24.4. The van der Waals surface area contributed by atoms with E-state index in [1.54, 1.807) is 19.1 Å². The summed E-state index contributed by atoms with van der Waals surface area (Å²) in [6, 6.07) is 21.2. The predicted octanol–water partition coefficient (Wildman–Crippen LogP) is 4.89. The third-order valence-corrected chi connectivity index (χ3v) is 7.90. The highest BCUT2D eigenvalue weighted by molar-refractivity contribution is 7.92. The van der Waals surface area contributed by atoms with Gasteiger partial charge >= 0.3 is 0 Å². The van der Waals surface area contributed by atoms with E-state index in [1.807, 2.05) is 68.4 Å². The van der Waals surface area contributed by atoms with Crippen molar-refractivity contribution < 1.29 is 18.0 Å². The first-order valence-electron chi connectivity index (χ1n) is 12.9. The second kappa shape index (κ2) is 13.6. The maximum absolute atomic E-state index is 14.1. The van der Waals surface area contributed by atoms with E-state index in [4.69, 9.17) is 11.6 Å². The van der Waals surface area contributed by atoms with Gasteiger partial charge in [0.05, 0.1) is 11.9 Å². The van der Waals surface area contributed by atoms with Crippen LogP contribution in [0.1, 0.15) is 35.6 Å². The lowest BCUT2D eigenvalue weighted by Crippen LogP contribution is -2.53. The predicted molar refractivity (Wildman–Crippen MR) is 157 cm³/mol. The van der Waals surface area contributed by atoms with Crippen LogP contribution in [-0.4, -0.2) is 50.5 Å². The van der Waals surface area contributed by atoms with Crippen molar-refractivity contribution in [1.82, 2.24) is 10.2 Å². The second-order valence-electron chi connectivity index (χ2n) is 9.65. The van der Waals surface area contributed by atoms with E-state index in [0.29, 0.717) is 22.8 Å². The smallest absolute Gasteiger partial charge is 0.244 e. The van der Waals surface area contributed by atoms with Gasteiger partial charge in [0.2, 0.25) is 21.8 Å². The zero-order valence-electron chi connectivity index (χ0n) is 22.9. The fourth-order valence-electron chi connectivity index (χ4n) is 4.34. The van der Waals surface area contributed by atoms with Gasteiger partial charge in [-0.2, -0.15) is 0 Å². The largest absolute Gasteiger partial charge is 0.354 e. The number of benzene rings is 3. The molecule has 3 aromatic carbocycles. The Balaban J connectivity index is 2.08. The van der Waals surface area contributed by atoms with Crippen LogP contribution in [0.25, 0.3) is 0 Å². The topological polar surface area (TPSA) is 86.8 Å². The summed E-state index contributed by atoms with van der Waals surface area (Å²) >= 11 is 6.20. The molecule has 0 bridgehead atoms. The van der Waals surface area contributed by atoms with E-state index in [9.17, 15) is 18.0 Å². The first-order valence-corrected chi connectivity index (χ1v) is 15.1. The second-order valence-corrected chi connectivity index (χ2v) is 12.0. The van der Waals surface area contributed by atoms with Gasteiger partial charge in [0.25, 0.3) is 0 Å². The van der Waals surface area contributed by atoms with Crippen LogP contribution in [0, 0.1) is 13.8 Å². The number of hydrogen-bond acceptors (Lipinski definition) is 4. The minimum Gasteiger partial charge on any atom is -0.354 e. The third kappa shape index (κ3) is 8.31. The minimum atomic E-state index is -3.86. The van der Waals surface area contributed by atoms with Crippen LogP contribution < -0.4 is 9.62 Å². The number of nitrogens with one attached hydrogen (secondary N) is 1. The van der Waals surface area contributed by atoms with Crippen LogP contribution >= 0.6 is 11.6 Å². The van der Waals surface area contributed by atoms with Gasteiger partial charge < -0.3 is 10.2 Å². The summed E-state index contributed by atoms with van der Waals surface area (Å²) in [5, 5.41) is 3.29. The molecule has 0 saturated carbocycles. The van der Waals surface area contributed by atoms with Crippen LogP contribution in [0.4, 0.5) is 5.69 Å². The maximum Gasteiger partial charge on any atom is 0.244 e. The molecule has 39 heavy (non-hydrogen) atoms. The van der Waals surface area contributed by atoms with Gasteiger partial charge in [-0.1, -0.05) is 79.2 Å². The Morgan fingerprint density at radius 3 is 2.26 bits per heavy atom. The van der Waals surface area contributed by atoms with Crippen LogP contribution in [0.3, 0.4) is 0 Å². The highest BCUT2D eigenvalue weighted by Gasteiger charge is 2.33. The van der Waals surface area contributed by atoms with Crippen molar-refractivity contribution in [1.29, 1.82) is 0 Å². The molecule has 9 heteroatoms. The van der Waals surface area contributed by atoms with Crippen molar-refractivity contribution in [2.45, 2.75) is 46.2 Å². The summed E-state index contributed by atoms with van der Waals surface area (Å²) in [7, 11) is -3.86. The number of carbonyl (C=O) groups excluding carboxylic acids is 2. The molecule has 3 rings (SSSR count).